The number of nitriles is 1. The summed E-state index contributed by atoms with van der Waals surface area (Å²) in [7, 11) is 2.62. The normalized spacial score (nSPS) is 9.65. The van der Waals surface area contributed by atoms with E-state index in [2.05, 4.69) is 55.4 Å². The van der Waals surface area contributed by atoms with Crippen LogP contribution in [0.25, 0.3) is 27.8 Å². The second-order valence-corrected chi connectivity index (χ2v) is 12.2. The SMILES string of the molecule is CC#N.COc1cc(F)c([N+](=O)[O-])cc1Cc1ncnc(Cl)n1.COc1cc(F)c([N+](=O)[O-])cc1Nc1ncnc(-n2nc(F)c3ccccc32)n1.Fc1[nH]nc2ccccc12.O=CO[O-].[H-].[K+].[K+]. The predicted octanol–water partition coefficient (Wildman–Crippen LogP) is 0.108. The summed E-state index contributed by atoms with van der Waals surface area (Å²) in [5, 5.41) is 50.8. The fourth-order valence-corrected chi connectivity index (χ4v) is 5.39. The molecule has 0 bridgehead atoms. The number of hydrogen-bond donors (Lipinski definition) is 2. The number of nitro groups is 2. The van der Waals surface area contributed by atoms with Crippen LogP contribution in [-0.4, -0.2) is 80.4 Å². The first-order valence-corrected chi connectivity index (χ1v) is 18.1. The molecule has 0 saturated carbocycles. The number of carbonyl (C=O) groups excluding carboxylic acids is 1. The van der Waals surface area contributed by atoms with Crippen molar-refractivity contribution in [3.05, 3.63) is 146 Å². The van der Waals surface area contributed by atoms with Crippen LogP contribution in [0.1, 0.15) is 19.7 Å². The number of benzene rings is 4. The Balaban J connectivity index is 0.000000515. The predicted molar refractivity (Wildman–Crippen MR) is 220 cm³/mol. The van der Waals surface area contributed by atoms with E-state index < -0.39 is 38.8 Å². The Morgan fingerprint density at radius 1 is 0.868 bits per heavy atom. The van der Waals surface area contributed by atoms with Crippen LogP contribution in [0.4, 0.5) is 40.6 Å². The Kier molecular flexibility index (Phi) is 25.1. The minimum absolute atomic E-state index is 0. The molecular weight excluding hydrogens is 986 g/mol. The van der Waals surface area contributed by atoms with Crippen LogP contribution in [0.15, 0.2) is 85.5 Å². The van der Waals surface area contributed by atoms with Crippen molar-refractivity contribution in [2.45, 2.75) is 13.3 Å². The van der Waals surface area contributed by atoms with Crippen molar-refractivity contribution < 1.29 is 156 Å². The molecule has 0 saturated heterocycles. The third-order valence-electron chi connectivity index (χ3n) is 7.94. The average molecular weight is 1020 g/mol. The van der Waals surface area contributed by atoms with Gasteiger partial charge in [0.1, 0.15) is 30.0 Å². The number of fused-ring (bicyclic) bond motifs is 2. The Morgan fingerprint density at radius 3 is 2.03 bits per heavy atom. The maximum Gasteiger partial charge on any atom is 1.00 e. The summed E-state index contributed by atoms with van der Waals surface area (Å²) in [5.74, 6) is -2.62. The van der Waals surface area contributed by atoms with Crippen LogP contribution in [0.2, 0.25) is 5.28 Å². The van der Waals surface area contributed by atoms with Crippen molar-refractivity contribution in [1.29, 1.82) is 5.26 Å². The van der Waals surface area contributed by atoms with Crippen molar-refractivity contribution in [2.75, 3.05) is 19.5 Å². The molecule has 0 spiro atoms. The molecule has 342 valence electrons. The molecule has 4 aromatic carbocycles. The van der Waals surface area contributed by atoms with Gasteiger partial charge in [-0.1, -0.05) is 24.3 Å². The number of rotatable bonds is 10. The van der Waals surface area contributed by atoms with Crippen LogP contribution in [0.3, 0.4) is 0 Å². The number of halogens is 5. The zero-order valence-electron chi connectivity index (χ0n) is 36.8. The van der Waals surface area contributed by atoms with Gasteiger partial charge in [0.15, 0.2) is 0 Å². The first-order chi connectivity index (χ1) is 31.7. The molecule has 0 aliphatic rings. The van der Waals surface area contributed by atoms with Crippen molar-refractivity contribution in [3.63, 3.8) is 0 Å². The third-order valence-corrected chi connectivity index (χ3v) is 8.13. The third kappa shape index (κ3) is 16.2. The zero-order chi connectivity index (χ0) is 48.3. The van der Waals surface area contributed by atoms with Gasteiger partial charge in [-0.05, 0) is 35.9 Å². The number of nitro benzene ring substituents is 2. The number of carbonyl (C=O) groups is 1. The number of ether oxygens (including phenoxy) is 2. The first kappa shape index (κ1) is 58.4. The smallest absolute Gasteiger partial charge is 1.00 e. The van der Waals surface area contributed by atoms with Gasteiger partial charge in [-0.2, -0.15) is 42.6 Å². The average Bonchev–Trinajstić information content (AvgIpc) is 3.86. The number of nitrogens with one attached hydrogen (secondary N) is 2. The molecule has 4 aromatic heterocycles. The molecule has 23 nitrogen and oxygen atoms in total. The summed E-state index contributed by atoms with van der Waals surface area (Å²) >= 11 is 5.63. The van der Waals surface area contributed by atoms with Gasteiger partial charge in [0.05, 0.1) is 57.6 Å². The quantitative estimate of drug-likeness (QED) is 0.0458. The molecule has 0 radical (unpaired) electrons. The van der Waals surface area contributed by atoms with Crippen LogP contribution < -0.4 is 123 Å². The first-order valence-electron chi connectivity index (χ1n) is 17.8. The van der Waals surface area contributed by atoms with Crippen molar-refractivity contribution >= 4 is 62.9 Å². The summed E-state index contributed by atoms with van der Waals surface area (Å²) in [4.78, 5) is 54.8. The molecule has 8 aromatic rings. The molecule has 0 amide bonds. The molecule has 0 unspecified atom stereocenters. The van der Waals surface area contributed by atoms with Gasteiger partial charge in [-0.25, -0.2) is 19.9 Å². The van der Waals surface area contributed by atoms with Crippen LogP contribution in [-0.2, 0) is 16.1 Å². The van der Waals surface area contributed by atoms with Crippen LogP contribution >= 0.6 is 11.6 Å². The zero-order valence-corrected chi connectivity index (χ0v) is 42.8. The number of nitrogens with zero attached hydrogens (tertiary/aromatic N) is 12. The number of para-hydroxylation sites is 2. The molecule has 2 N–H and O–H groups in total. The molecule has 0 fully saturated rings. The summed E-state index contributed by atoms with van der Waals surface area (Å²) in [5.41, 5.74) is 0.165. The van der Waals surface area contributed by atoms with E-state index >= 15 is 0 Å². The number of hydrogen-bond acceptors (Lipinski definition) is 19. The number of H-pyrrole nitrogens is 1. The number of aromatic nitrogens is 10. The summed E-state index contributed by atoms with van der Waals surface area (Å²) in [6, 6.07) is 19.3. The Hall–Kier alpha value is -5.76. The van der Waals surface area contributed by atoms with Crippen LogP contribution in [0, 0.1) is 55.1 Å². The van der Waals surface area contributed by atoms with E-state index in [4.69, 9.17) is 36.4 Å². The monoisotopic (exact) mass is 1010 g/mol. The maximum absolute atomic E-state index is 14.1. The minimum atomic E-state index is -1.05. The topological polar surface area (TPSA) is 314 Å². The molecule has 68 heavy (non-hydrogen) atoms. The van der Waals surface area contributed by atoms with E-state index in [-0.39, 0.29) is 157 Å². The fourth-order valence-electron chi connectivity index (χ4n) is 5.25. The van der Waals surface area contributed by atoms with Crippen molar-refractivity contribution in [2.24, 2.45) is 0 Å². The molecule has 8 rings (SSSR count). The van der Waals surface area contributed by atoms with Crippen molar-refractivity contribution in [1.82, 2.24) is 49.9 Å². The minimum Gasteiger partial charge on any atom is -1.00 e. The van der Waals surface area contributed by atoms with Crippen molar-refractivity contribution in [3.8, 4) is 23.5 Å². The fraction of sp³-hybridized carbons (Fsp3) is 0.105. The Labute approximate surface area is 470 Å². The molecule has 4 heterocycles. The molecule has 30 heteroatoms. The van der Waals surface area contributed by atoms with Gasteiger partial charge in [-0.3, -0.25) is 30.1 Å². The molecular formula is C38H29ClF4K2N14O9. The second kappa shape index (κ2) is 29.2. The van der Waals surface area contributed by atoms with Gasteiger partial charge in [-0.15, -0.1) is 5.10 Å². The summed E-state index contributed by atoms with van der Waals surface area (Å²) in [6.07, 6.45) is 2.48. The molecule has 0 aliphatic heterocycles. The second-order valence-electron chi connectivity index (χ2n) is 11.9. The molecule has 0 aliphatic carbocycles. The Bertz CT molecular complexity index is 3030. The standard InChI is InChI=1S/C17H11F2N7O3.C11H8ClFN4O3.C7H5FN2.C2H3N.CH2O3.2K.H/c1-29-14-6-10(18)13(26(27)28)7-11(14)22-16-20-8-21-17(23-16)25-12-5-3-2-4-9(12)15(19)24-25;1-20-9-4-7(13)8(17(18)19)2-6(9)3-10-14-5-15-11(12)16-10;8-7-5-3-1-2-4-6(5)9-10-7;1-2-3;2-1-4-3;;;/h2-8H,1H3,(H,20,21,22,23);2,4-5H,3H2,1H3;1-4H,(H,9,10);1H3;1,3H;;;/q;;;;;2*+1;-1/p-1. The van der Waals surface area contributed by atoms with E-state index in [9.17, 15) is 37.8 Å². The van der Waals surface area contributed by atoms with Gasteiger partial charge in [0, 0.05) is 43.2 Å². The van der Waals surface area contributed by atoms with E-state index in [0.29, 0.717) is 33.2 Å². The maximum atomic E-state index is 14.1. The van der Waals surface area contributed by atoms with Gasteiger partial charge < -0.3 is 26.4 Å². The Morgan fingerprint density at radius 2 is 1.44 bits per heavy atom. The van der Waals surface area contributed by atoms with E-state index in [0.717, 1.165) is 30.6 Å². The van der Waals surface area contributed by atoms with Gasteiger partial charge in [0.2, 0.25) is 34.8 Å². The van der Waals surface area contributed by atoms with E-state index in [1.165, 1.54) is 32.2 Å². The number of methoxy groups -OCH3 is 2. The summed E-state index contributed by atoms with van der Waals surface area (Å²) in [6.45, 7) is 1.25. The van der Waals surface area contributed by atoms with E-state index in [1.54, 1.807) is 48.5 Å². The van der Waals surface area contributed by atoms with Gasteiger partial charge >= 0.3 is 114 Å². The van der Waals surface area contributed by atoms with E-state index in [1.807, 2.05) is 6.07 Å². The largest absolute Gasteiger partial charge is 1.00 e. The summed E-state index contributed by atoms with van der Waals surface area (Å²) < 4.78 is 65.2. The number of anilines is 2. The van der Waals surface area contributed by atoms with Crippen LogP contribution in [0.5, 0.6) is 11.5 Å². The molecule has 0 atom stereocenters. The number of aromatic amines is 1. The van der Waals surface area contributed by atoms with Gasteiger partial charge in [0.25, 0.3) is 12.4 Å².